The molecule has 1 heterocycles. The number of Topliss-reactive ketones (excluding diaryl/α,β-unsaturated/α-hetero) is 1. The highest BCUT2D eigenvalue weighted by Gasteiger charge is 2.27. The van der Waals surface area contributed by atoms with Crippen molar-refractivity contribution >= 4 is 17.9 Å². The van der Waals surface area contributed by atoms with E-state index in [1.165, 1.54) is 0 Å². The number of nitrogens with zero attached hydrogens (tertiary/aromatic N) is 1. The number of likely N-dealkylation sites (N-methyl/N-ethyl adjacent to an activating group) is 1. The Bertz CT molecular complexity index is 887. The zero-order chi connectivity index (χ0) is 22.4. The minimum atomic E-state index is -0.00869. The number of carbonyl (C=O) groups excluding carboxylic acids is 1. The van der Waals surface area contributed by atoms with E-state index in [0.29, 0.717) is 47.2 Å². The van der Waals surface area contributed by atoms with Crippen molar-refractivity contribution in [1.29, 1.82) is 0 Å². The minimum absolute atomic E-state index is 0.00869. The summed E-state index contributed by atoms with van der Waals surface area (Å²) in [6, 6.07) is 11.2. The summed E-state index contributed by atoms with van der Waals surface area (Å²) in [6.45, 7) is 4.00. The molecule has 0 amide bonds. The minimum Gasteiger partial charge on any atom is -0.496 e. The standard InChI is InChI=1S/C25H29NO5/c1-6-26-15-17(13-19-21(28-2)9-7-10-22(19)29-3)25(27)18(16-26)14-20-23(30-4)11-8-12-24(20)31-5/h7-14H,6,15-16H2,1-5H3/b17-13+,18-14+. The first-order chi connectivity index (χ1) is 15.1. The van der Waals surface area contributed by atoms with Gasteiger partial charge in [0.05, 0.1) is 39.6 Å². The summed E-state index contributed by atoms with van der Waals surface area (Å²) in [7, 11) is 6.43. The second-order valence-electron chi connectivity index (χ2n) is 7.12. The zero-order valence-corrected chi connectivity index (χ0v) is 18.7. The van der Waals surface area contributed by atoms with Crippen LogP contribution in [-0.4, -0.2) is 58.8 Å². The van der Waals surface area contributed by atoms with Crippen molar-refractivity contribution in [2.75, 3.05) is 48.1 Å². The van der Waals surface area contributed by atoms with Gasteiger partial charge in [-0.3, -0.25) is 9.69 Å². The molecular formula is C25H29NO5. The Kier molecular flexibility index (Phi) is 7.36. The maximum Gasteiger partial charge on any atom is 0.187 e. The maximum absolute atomic E-state index is 13.5. The fourth-order valence-electron chi connectivity index (χ4n) is 3.73. The third kappa shape index (κ3) is 4.75. The van der Waals surface area contributed by atoms with E-state index >= 15 is 0 Å². The van der Waals surface area contributed by atoms with Crippen LogP contribution < -0.4 is 18.9 Å². The summed E-state index contributed by atoms with van der Waals surface area (Å²) < 4.78 is 22.0. The Morgan fingerprint density at radius 3 is 1.39 bits per heavy atom. The summed E-state index contributed by atoms with van der Waals surface area (Å²) in [5, 5.41) is 0. The van der Waals surface area contributed by atoms with Crippen LogP contribution in [0.1, 0.15) is 18.1 Å². The third-order valence-corrected chi connectivity index (χ3v) is 5.39. The monoisotopic (exact) mass is 423 g/mol. The summed E-state index contributed by atoms with van der Waals surface area (Å²) in [5.41, 5.74) is 2.86. The van der Waals surface area contributed by atoms with Crippen molar-refractivity contribution in [2.45, 2.75) is 6.92 Å². The smallest absolute Gasteiger partial charge is 0.187 e. The highest BCUT2D eigenvalue weighted by atomic mass is 16.5. The molecule has 2 aromatic rings. The van der Waals surface area contributed by atoms with Crippen molar-refractivity contribution < 1.29 is 23.7 Å². The van der Waals surface area contributed by atoms with Crippen LogP contribution >= 0.6 is 0 Å². The first kappa shape index (κ1) is 22.4. The second kappa shape index (κ2) is 10.2. The van der Waals surface area contributed by atoms with Crippen LogP contribution in [-0.2, 0) is 4.79 Å². The molecule has 0 bridgehead atoms. The van der Waals surface area contributed by atoms with Crippen molar-refractivity contribution in [3.63, 3.8) is 0 Å². The average molecular weight is 424 g/mol. The number of likely N-dealkylation sites (tertiary alicyclic amines) is 1. The van der Waals surface area contributed by atoms with Gasteiger partial charge < -0.3 is 18.9 Å². The SMILES string of the molecule is CCN1C/C(=C\c2c(OC)cccc2OC)C(=O)/C(=C/c2c(OC)cccc2OC)C1. The summed E-state index contributed by atoms with van der Waals surface area (Å²) in [5.74, 6) is 2.62. The van der Waals surface area contributed by atoms with Gasteiger partial charge in [-0.15, -0.1) is 0 Å². The van der Waals surface area contributed by atoms with E-state index in [1.807, 2.05) is 48.6 Å². The number of benzene rings is 2. The van der Waals surface area contributed by atoms with Crippen molar-refractivity contribution in [3.8, 4) is 23.0 Å². The molecule has 3 rings (SSSR count). The van der Waals surface area contributed by atoms with Gasteiger partial charge in [0.15, 0.2) is 5.78 Å². The van der Waals surface area contributed by atoms with Crippen LogP contribution in [0.5, 0.6) is 23.0 Å². The molecule has 1 aliphatic rings. The lowest BCUT2D eigenvalue weighted by Gasteiger charge is -2.29. The van der Waals surface area contributed by atoms with Gasteiger partial charge in [0.25, 0.3) is 0 Å². The molecule has 0 saturated carbocycles. The molecule has 0 aromatic heterocycles. The number of carbonyl (C=O) groups is 1. The van der Waals surface area contributed by atoms with Crippen molar-refractivity contribution in [1.82, 2.24) is 4.90 Å². The van der Waals surface area contributed by atoms with Gasteiger partial charge in [-0.1, -0.05) is 19.1 Å². The molecule has 0 atom stereocenters. The molecular weight excluding hydrogens is 394 g/mol. The first-order valence-electron chi connectivity index (χ1n) is 10.2. The molecule has 0 spiro atoms. The van der Waals surface area contributed by atoms with E-state index in [-0.39, 0.29) is 5.78 Å². The first-order valence-corrected chi connectivity index (χ1v) is 10.2. The number of hydrogen-bond acceptors (Lipinski definition) is 6. The van der Waals surface area contributed by atoms with Crippen LogP contribution in [0.2, 0.25) is 0 Å². The lowest BCUT2D eigenvalue weighted by molar-refractivity contribution is -0.113. The van der Waals surface area contributed by atoms with Crippen LogP contribution in [0, 0.1) is 0 Å². The molecule has 6 heteroatoms. The van der Waals surface area contributed by atoms with Crippen LogP contribution in [0.15, 0.2) is 47.5 Å². The predicted octanol–water partition coefficient (Wildman–Crippen LogP) is 4.09. The van der Waals surface area contributed by atoms with Gasteiger partial charge in [-0.25, -0.2) is 0 Å². The maximum atomic E-state index is 13.5. The van der Waals surface area contributed by atoms with Gasteiger partial charge >= 0.3 is 0 Å². The fraction of sp³-hybridized carbons (Fsp3) is 0.320. The Morgan fingerprint density at radius 1 is 0.742 bits per heavy atom. The third-order valence-electron chi connectivity index (χ3n) is 5.39. The zero-order valence-electron chi connectivity index (χ0n) is 18.7. The molecule has 0 radical (unpaired) electrons. The number of methoxy groups -OCH3 is 4. The molecule has 0 N–H and O–H groups in total. The highest BCUT2D eigenvalue weighted by molar-refractivity contribution is 6.15. The lowest BCUT2D eigenvalue weighted by Crippen LogP contribution is -2.37. The quantitative estimate of drug-likeness (QED) is 0.625. The summed E-state index contributed by atoms with van der Waals surface area (Å²) >= 11 is 0. The molecule has 6 nitrogen and oxygen atoms in total. The largest absolute Gasteiger partial charge is 0.496 e. The predicted molar refractivity (Wildman–Crippen MR) is 122 cm³/mol. The topological polar surface area (TPSA) is 57.2 Å². The Morgan fingerprint density at radius 2 is 1.10 bits per heavy atom. The molecule has 0 unspecified atom stereocenters. The Balaban J connectivity index is 2.11. The molecule has 1 saturated heterocycles. The normalized spacial score (nSPS) is 17.1. The number of piperidine rings is 1. The highest BCUT2D eigenvalue weighted by Crippen LogP contribution is 2.34. The van der Waals surface area contributed by atoms with E-state index in [9.17, 15) is 4.79 Å². The molecule has 2 aromatic carbocycles. The molecule has 0 aliphatic carbocycles. The average Bonchev–Trinajstić information content (AvgIpc) is 2.81. The number of ketones is 1. The van der Waals surface area contributed by atoms with Gasteiger partial charge in [-0.05, 0) is 43.0 Å². The van der Waals surface area contributed by atoms with Gasteiger partial charge in [0.2, 0.25) is 0 Å². The molecule has 164 valence electrons. The van der Waals surface area contributed by atoms with Gasteiger partial charge in [0, 0.05) is 24.2 Å². The fourth-order valence-corrected chi connectivity index (χ4v) is 3.73. The van der Waals surface area contributed by atoms with Crippen LogP contribution in [0.25, 0.3) is 12.2 Å². The summed E-state index contributed by atoms with van der Waals surface area (Å²) in [6.07, 6.45) is 3.74. The Labute approximate surface area is 183 Å². The van der Waals surface area contributed by atoms with Crippen molar-refractivity contribution in [2.24, 2.45) is 0 Å². The van der Waals surface area contributed by atoms with Gasteiger partial charge in [-0.2, -0.15) is 0 Å². The van der Waals surface area contributed by atoms with E-state index < -0.39 is 0 Å². The molecule has 1 aliphatic heterocycles. The molecule has 31 heavy (non-hydrogen) atoms. The van der Waals surface area contributed by atoms with E-state index in [1.54, 1.807) is 28.4 Å². The number of rotatable bonds is 7. The Hall–Kier alpha value is -3.25. The van der Waals surface area contributed by atoms with E-state index in [4.69, 9.17) is 18.9 Å². The van der Waals surface area contributed by atoms with Crippen LogP contribution in [0.4, 0.5) is 0 Å². The van der Waals surface area contributed by atoms with E-state index in [0.717, 1.165) is 17.7 Å². The van der Waals surface area contributed by atoms with Crippen molar-refractivity contribution in [3.05, 3.63) is 58.7 Å². The van der Waals surface area contributed by atoms with Crippen LogP contribution in [0.3, 0.4) is 0 Å². The summed E-state index contributed by atoms with van der Waals surface area (Å²) in [4.78, 5) is 15.7. The number of hydrogen-bond donors (Lipinski definition) is 0. The number of ether oxygens (including phenoxy) is 4. The van der Waals surface area contributed by atoms with E-state index in [2.05, 4.69) is 11.8 Å². The second-order valence-corrected chi connectivity index (χ2v) is 7.12. The van der Waals surface area contributed by atoms with Gasteiger partial charge in [0.1, 0.15) is 23.0 Å². The lowest BCUT2D eigenvalue weighted by atomic mass is 9.93. The molecule has 1 fully saturated rings.